The van der Waals surface area contributed by atoms with E-state index in [1.165, 1.54) is 11.8 Å². The van der Waals surface area contributed by atoms with Crippen molar-refractivity contribution in [1.29, 1.82) is 0 Å². The molecule has 1 aromatic heterocycles. The van der Waals surface area contributed by atoms with Gasteiger partial charge in [0.05, 0.1) is 18.8 Å². The topological polar surface area (TPSA) is 55.3 Å². The fourth-order valence-corrected chi connectivity index (χ4v) is 1.91. The Morgan fingerprint density at radius 3 is 2.88 bits per heavy atom. The minimum Gasteiger partial charge on any atom is -0.378 e. The second-order valence-electron chi connectivity index (χ2n) is 3.35. The van der Waals surface area contributed by atoms with E-state index in [0.29, 0.717) is 23.9 Å². The summed E-state index contributed by atoms with van der Waals surface area (Å²) in [6.07, 6.45) is 4.30. The molecule has 1 saturated heterocycles. The van der Waals surface area contributed by atoms with Crippen LogP contribution in [0.25, 0.3) is 0 Å². The Labute approximate surface area is 98.2 Å². The quantitative estimate of drug-likeness (QED) is 0.443. The molecule has 1 aromatic rings. The molecule has 1 aliphatic rings. The number of carbonyl (C=O) groups excluding carboxylic acids is 1. The lowest BCUT2D eigenvalue weighted by atomic mass is 10.3. The van der Waals surface area contributed by atoms with Crippen LogP contribution in [0.3, 0.4) is 0 Å². The molecule has 0 aromatic carbocycles. The van der Waals surface area contributed by atoms with Gasteiger partial charge in [0, 0.05) is 19.3 Å². The van der Waals surface area contributed by atoms with Gasteiger partial charge in [-0.05, 0) is 6.26 Å². The first kappa shape index (κ1) is 11.3. The number of thioether (sulfide) groups is 1. The van der Waals surface area contributed by atoms with Crippen LogP contribution in [0.1, 0.15) is 10.4 Å². The van der Waals surface area contributed by atoms with Gasteiger partial charge >= 0.3 is 0 Å². The lowest BCUT2D eigenvalue weighted by Gasteiger charge is -2.28. The summed E-state index contributed by atoms with van der Waals surface area (Å²) >= 11 is 1.47. The Bertz CT molecular complexity index is 380. The predicted molar refractivity (Wildman–Crippen MR) is 62.2 cm³/mol. The summed E-state index contributed by atoms with van der Waals surface area (Å²) in [4.78, 5) is 21.5. The Morgan fingerprint density at radius 2 is 2.25 bits per heavy atom. The number of ether oxygens (including phenoxy) is 1. The third-order valence-corrected chi connectivity index (χ3v) is 2.96. The van der Waals surface area contributed by atoms with Gasteiger partial charge in [-0.15, -0.1) is 0 Å². The molecule has 0 amide bonds. The van der Waals surface area contributed by atoms with E-state index in [1.54, 1.807) is 6.20 Å². The maximum atomic E-state index is 10.9. The highest BCUT2D eigenvalue weighted by atomic mass is 32.2. The highest BCUT2D eigenvalue weighted by Gasteiger charge is 2.17. The zero-order valence-electron chi connectivity index (χ0n) is 9.05. The van der Waals surface area contributed by atoms with E-state index in [1.807, 2.05) is 6.26 Å². The highest BCUT2D eigenvalue weighted by molar-refractivity contribution is 7.98. The van der Waals surface area contributed by atoms with Gasteiger partial charge in [0.15, 0.2) is 11.4 Å². The van der Waals surface area contributed by atoms with E-state index in [4.69, 9.17) is 4.74 Å². The average molecular weight is 239 g/mol. The van der Waals surface area contributed by atoms with Crippen molar-refractivity contribution in [3.05, 3.63) is 11.8 Å². The zero-order valence-corrected chi connectivity index (χ0v) is 9.87. The first-order valence-corrected chi connectivity index (χ1v) is 6.26. The van der Waals surface area contributed by atoms with Crippen LogP contribution in [0.15, 0.2) is 11.4 Å². The van der Waals surface area contributed by atoms with Gasteiger partial charge in [-0.25, -0.2) is 9.97 Å². The van der Waals surface area contributed by atoms with Crippen LogP contribution in [-0.2, 0) is 4.74 Å². The molecule has 5 nitrogen and oxygen atoms in total. The Morgan fingerprint density at radius 1 is 1.50 bits per heavy atom. The first-order chi connectivity index (χ1) is 7.85. The number of anilines is 1. The fourth-order valence-electron chi connectivity index (χ4n) is 1.58. The molecular weight excluding hydrogens is 226 g/mol. The van der Waals surface area contributed by atoms with Crippen LogP contribution in [0.5, 0.6) is 0 Å². The molecule has 0 unspecified atom stereocenters. The van der Waals surface area contributed by atoms with E-state index < -0.39 is 0 Å². The summed E-state index contributed by atoms with van der Waals surface area (Å²) in [6, 6.07) is 0. The fraction of sp³-hybridized carbons (Fsp3) is 0.500. The Kier molecular flexibility index (Phi) is 3.74. The standard InChI is InChI=1S/C10H13N3O2S/c1-16-10-11-6-8(7-14)9(12-10)13-2-4-15-5-3-13/h6-7H,2-5H2,1H3. The summed E-state index contributed by atoms with van der Waals surface area (Å²) in [5, 5.41) is 0.687. The monoisotopic (exact) mass is 239 g/mol. The molecular formula is C10H13N3O2S. The molecule has 0 atom stereocenters. The number of hydrogen-bond acceptors (Lipinski definition) is 6. The summed E-state index contributed by atoms with van der Waals surface area (Å²) in [7, 11) is 0. The minimum absolute atomic E-state index is 0.541. The van der Waals surface area contributed by atoms with Gasteiger partial charge in [-0.2, -0.15) is 0 Å². The number of nitrogens with zero attached hydrogens (tertiary/aromatic N) is 3. The Hall–Kier alpha value is -1.14. The summed E-state index contributed by atoms with van der Waals surface area (Å²) in [5.41, 5.74) is 0.541. The normalized spacial score (nSPS) is 16.2. The summed E-state index contributed by atoms with van der Waals surface area (Å²) in [5.74, 6) is 0.720. The first-order valence-electron chi connectivity index (χ1n) is 5.04. The van der Waals surface area contributed by atoms with Crippen LogP contribution >= 0.6 is 11.8 Å². The molecule has 0 N–H and O–H groups in total. The van der Waals surface area contributed by atoms with E-state index in [-0.39, 0.29) is 0 Å². The third-order valence-electron chi connectivity index (χ3n) is 2.39. The molecule has 1 fully saturated rings. The third kappa shape index (κ3) is 2.33. The molecule has 6 heteroatoms. The number of aromatic nitrogens is 2. The molecule has 86 valence electrons. The van der Waals surface area contributed by atoms with Gasteiger partial charge in [0.1, 0.15) is 5.82 Å². The lowest BCUT2D eigenvalue weighted by molar-refractivity contribution is 0.111. The van der Waals surface area contributed by atoms with E-state index >= 15 is 0 Å². The van der Waals surface area contributed by atoms with Crippen molar-refractivity contribution in [2.75, 3.05) is 37.5 Å². The second-order valence-corrected chi connectivity index (χ2v) is 4.13. The van der Waals surface area contributed by atoms with Gasteiger partial charge < -0.3 is 9.64 Å². The molecule has 2 rings (SSSR count). The summed E-state index contributed by atoms with van der Waals surface area (Å²) < 4.78 is 5.27. The van der Waals surface area contributed by atoms with Crippen molar-refractivity contribution in [2.45, 2.75) is 5.16 Å². The van der Waals surface area contributed by atoms with Gasteiger partial charge in [-0.3, -0.25) is 4.79 Å². The van der Waals surface area contributed by atoms with E-state index in [9.17, 15) is 4.79 Å². The molecule has 0 spiro atoms. The molecule has 0 radical (unpaired) electrons. The van der Waals surface area contributed by atoms with Gasteiger partial charge in [-0.1, -0.05) is 11.8 Å². The van der Waals surface area contributed by atoms with Gasteiger partial charge in [0.25, 0.3) is 0 Å². The van der Waals surface area contributed by atoms with Crippen molar-refractivity contribution >= 4 is 23.9 Å². The zero-order chi connectivity index (χ0) is 11.4. The number of rotatable bonds is 3. The van der Waals surface area contributed by atoms with Crippen LogP contribution in [0.4, 0.5) is 5.82 Å². The van der Waals surface area contributed by atoms with E-state index in [2.05, 4.69) is 14.9 Å². The average Bonchev–Trinajstić information content (AvgIpc) is 2.39. The van der Waals surface area contributed by atoms with Crippen LogP contribution in [-0.4, -0.2) is 48.8 Å². The second kappa shape index (κ2) is 5.27. The predicted octanol–water partition coefficient (Wildman–Crippen LogP) is 0.848. The molecule has 0 bridgehead atoms. The SMILES string of the molecule is CSc1ncc(C=O)c(N2CCOCC2)n1. The van der Waals surface area contributed by atoms with Crippen molar-refractivity contribution in [3.8, 4) is 0 Å². The van der Waals surface area contributed by atoms with E-state index in [0.717, 1.165) is 25.2 Å². The Balaban J connectivity index is 2.31. The van der Waals surface area contributed by atoms with Crippen molar-refractivity contribution in [1.82, 2.24) is 9.97 Å². The number of morpholine rings is 1. The van der Waals surface area contributed by atoms with Crippen LogP contribution in [0, 0.1) is 0 Å². The molecule has 2 heterocycles. The highest BCUT2D eigenvalue weighted by Crippen LogP contribution is 2.20. The van der Waals surface area contributed by atoms with Crippen LogP contribution < -0.4 is 4.90 Å². The summed E-state index contributed by atoms with van der Waals surface area (Å²) in [6.45, 7) is 2.89. The maximum absolute atomic E-state index is 10.9. The van der Waals surface area contributed by atoms with Crippen LogP contribution in [0.2, 0.25) is 0 Å². The lowest BCUT2D eigenvalue weighted by Crippen LogP contribution is -2.37. The molecule has 16 heavy (non-hydrogen) atoms. The van der Waals surface area contributed by atoms with Crippen molar-refractivity contribution < 1.29 is 9.53 Å². The molecule has 0 aliphatic carbocycles. The molecule has 0 saturated carbocycles. The number of hydrogen-bond donors (Lipinski definition) is 0. The van der Waals surface area contributed by atoms with Gasteiger partial charge in [0.2, 0.25) is 0 Å². The van der Waals surface area contributed by atoms with Crippen molar-refractivity contribution in [2.24, 2.45) is 0 Å². The number of carbonyl (C=O) groups is 1. The largest absolute Gasteiger partial charge is 0.378 e. The minimum atomic E-state index is 0.541. The molecule has 1 aliphatic heterocycles. The van der Waals surface area contributed by atoms with Crippen molar-refractivity contribution in [3.63, 3.8) is 0 Å². The smallest absolute Gasteiger partial charge is 0.189 e. The maximum Gasteiger partial charge on any atom is 0.189 e. The number of aldehydes is 1.